The minimum absolute atomic E-state index is 0.0759. The predicted molar refractivity (Wildman–Crippen MR) is 57.9 cm³/mol. The van der Waals surface area contributed by atoms with Gasteiger partial charge in [0.1, 0.15) is 0 Å². The van der Waals surface area contributed by atoms with Gasteiger partial charge in [0.25, 0.3) is 5.91 Å². The molecule has 1 aromatic rings. The first kappa shape index (κ1) is 10.2. The van der Waals surface area contributed by atoms with E-state index in [0.717, 1.165) is 11.1 Å². The van der Waals surface area contributed by atoms with E-state index in [9.17, 15) is 4.79 Å². The molecule has 1 amide bonds. The fraction of sp³-hybridized carbons (Fsp3) is 0.417. The average molecular weight is 205 g/mol. The van der Waals surface area contributed by atoms with Gasteiger partial charge >= 0.3 is 0 Å². The zero-order valence-electron chi connectivity index (χ0n) is 9.06. The molecule has 0 aliphatic carbocycles. The first-order valence-electron chi connectivity index (χ1n) is 5.10. The van der Waals surface area contributed by atoms with Crippen molar-refractivity contribution in [2.75, 3.05) is 20.3 Å². The molecule has 80 valence electrons. The molecule has 0 N–H and O–H groups in total. The van der Waals surface area contributed by atoms with Gasteiger partial charge in [-0.05, 0) is 19.1 Å². The van der Waals surface area contributed by atoms with E-state index in [1.807, 2.05) is 38.2 Å². The molecule has 1 heterocycles. The van der Waals surface area contributed by atoms with Gasteiger partial charge in [0.2, 0.25) is 0 Å². The van der Waals surface area contributed by atoms with Crippen molar-refractivity contribution in [3.63, 3.8) is 0 Å². The van der Waals surface area contributed by atoms with Crippen LogP contribution in [0.2, 0.25) is 0 Å². The third-order valence-corrected chi connectivity index (χ3v) is 2.75. The number of amides is 1. The lowest BCUT2D eigenvalue weighted by Gasteiger charge is -2.34. The van der Waals surface area contributed by atoms with Crippen LogP contribution >= 0.6 is 0 Å². The molecule has 3 heteroatoms. The molecule has 0 spiro atoms. The highest BCUT2D eigenvalue weighted by Gasteiger charge is 2.27. The zero-order chi connectivity index (χ0) is 10.8. The molecule has 0 radical (unpaired) electrons. The topological polar surface area (TPSA) is 29.5 Å². The Labute approximate surface area is 89.7 Å². The van der Waals surface area contributed by atoms with Crippen molar-refractivity contribution in [3.05, 3.63) is 35.4 Å². The van der Waals surface area contributed by atoms with E-state index in [4.69, 9.17) is 4.74 Å². The number of likely N-dealkylation sites (N-methyl/N-ethyl adjacent to an activating group) is 1. The Bertz CT molecular complexity index is 372. The molecule has 15 heavy (non-hydrogen) atoms. The summed E-state index contributed by atoms with van der Waals surface area (Å²) >= 11 is 0. The number of nitrogens with zero attached hydrogens (tertiary/aromatic N) is 1. The van der Waals surface area contributed by atoms with Crippen LogP contribution in [0.5, 0.6) is 0 Å². The standard InChI is InChI=1S/C12H15NO2/c1-9-4-3-5-10(6-9)12(14)13(2)11-7-15-8-11/h3-6,11H,7-8H2,1-2H3. The molecular weight excluding hydrogens is 190 g/mol. The monoisotopic (exact) mass is 205 g/mol. The highest BCUT2D eigenvalue weighted by Crippen LogP contribution is 2.13. The first-order valence-corrected chi connectivity index (χ1v) is 5.10. The van der Waals surface area contributed by atoms with Crippen molar-refractivity contribution in [2.45, 2.75) is 13.0 Å². The normalized spacial score (nSPS) is 15.9. The summed E-state index contributed by atoms with van der Waals surface area (Å²) in [6, 6.07) is 7.92. The van der Waals surface area contributed by atoms with Gasteiger partial charge in [-0.15, -0.1) is 0 Å². The average Bonchev–Trinajstić information content (AvgIpc) is 2.14. The number of carbonyl (C=O) groups excluding carboxylic acids is 1. The second kappa shape index (κ2) is 4.03. The molecule has 2 rings (SSSR count). The molecule has 0 bridgehead atoms. The number of hydrogen-bond acceptors (Lipinski definition) is 2. The predicted octanol–water partition coefficient (Wildman–Crippen LogP) is 1.47. The smallest absolute Gasteiger partial charge is 0.254 e. The van der Waals surface area contributed by atoms with Crippen LogP contribution in [0.1, 0.15) is 15.9 Å². The molecule has 1 aliphatic heterocycles. The van der Waals surface area contributed by atoms with Crippen molar-refractivity contribution in [2.24, 2.45) is 0 Å². The molecule has 1 aliphatic rings. The molecule has 0 atom stereocenters. The zero-order valence-corrected chi connectivity index (χ0v) is 9.06. The second-order valence-corrected chi connectivity index (χ2v) is 3.98. The van der Waals surface area contributed by atoms with Crippen molar-refractivity contribution < 1.29 is 9.53 Å². The van der Waals surface area contributed by atoms with Gasteiger partial charge in [-0.3, -0.25) is 4.79 Å². The minimum atomic E-state index is 0.0759. The summed E-state index contributed by atoms with van der Waals surface area (Å²) in [6.45, 7) is 3.31. The number of carbonyl (C=O) groups is 1. The van der Waals surface area contributed by atoms with Gasteiger partial charge < -0.3 is 9.64 Å². The van der Waals surface area contributed by atoms with Gasteiger partial charge in [-0.1, -0.05) is 17.7 Å². The Morgan fingerprint density at radius 2 is 2.20 bits per heavy atom. The number of aryl methyl sites for hydroxylation is 1. The van der Waals surface area contributed by atoms with E-state index < -0.39 is 0 Å². The molecule has 1 fully saturated rings. The van der Waals surface area contributed by atoms with Crippen molar-refractivity contribution >= 4 is 5.91 Å². The van der Waals surface area contributed by atoms with Crippen molar-refractivity contribution in [3.8, 4) is 0 Å². The lowest BCUT2D eigenvalue weighted by molar-refractivity contribution is -0.0467. The highest BCUT2D eigenvalue weighted by atomic mass is 16.5. The van der Waals surface area contributed by atoms with Crippen LogP contribution in [-0.2, 0) is 4.74 Å². The largest absolute Gasteiger partial charge is 0.377 e. The maximum atomic E-state index is 12.0. The Kier molecular flexibility index (Phi) is 2.73. The Hall–Kier alpha value is -1.35. The lowest BCUT2D eigenvalue weighted by atomic mass is 10.1. The third-order valence-electron chi connectivity index (χ3n) is 2.75. The summed E-state index contributed by atoms with van der Waals surface area (Å²) in [5.74, 6) is 0.0759. The molecular formula is C12H15NO2. The third kappa shape index (κ3) is 2.02. The molecule has 0 saturated carbocycles. The Balaban J connectivity index is 2.12. The van der Waals surface area contributed by atoms with E-state index in [0.29, 0.717) is 13.2 Å². The Morgan fingerprint density at radius 3 is 2.73 bits per heavy atom. The van der Waals surface area contributed by atoms with Crippen LogP contribution in [-0.4, -0.2) is 37.1 Å². The quantitative estimate of drug-likeness (QED) is 0.731. The van der Waals surface area contributed by atoms with Crippen LogP contribution in [0.15, 0.2) is 24.3 Å². The molecule has 0 aromatic heterocycles. The number of hydrogen-bond donors (Lipinski definition) is 0. The van der Waals surface area contributed by atoms with Crippen molar-refractivity contribution in [1.29, 1.82) is 0 Å². The van der Waals surface area contributed by atoms with E-state index in [1.165, 1.54) is 0 Å². The molecule has 0 unspecified atom stereocenters. The summed E-state index contributed by atoms with van der Waals surface area (Å²) in [7, 11) is 1.83. The summed E-state index contributed by atoms with van der Waals surface area (Å²) in [5.41, 5.74) is 1.86. The minimum Gasteiger partial charge on any atom is -0.377 e. The highest BCUT2D eigenvalue weighted by molar-refractivity contribution is 5.94. The fourth-order valence-corrected chi connectivity index (χ4v) is 1.59. The van der Waals surface area contributed by atoms with Gasteiger partial charge in [0.05, 0.1) is 19.3 Å². The molecule has 3 nitrogen and oxygen atoms in total. The van der Waals surface area contributed by atoms with Crippen LogP contribution in [0, 0.1) is 6.92 Å². The van der Waals surface area contributed by atoms with Crippen LogP contribution in [0.4, 0.5) is 0 Å². The number of benzene rings is 1. The van der Waals surface area contributed by atoms with Gasteiger partial charge in [-0.2, -0.15) is 0 Å². The molecule has 1 aromatic carbocycles. The summed E-state index contributed by atoms with van der Waals surface area (Å²) < 4.78 is 5.07. The van der Waals surface area contributed by atoms with Crippen LogP contribution in [0.25, 0.3) is 0 Å². The van der Waals surface area contributed by atoms with Gasteiger partial charge in [0.15, 0.2) is 0 Å². The SMILES string of the molecule is Cc1cccc(C(=O)N(C)C2COC2)c1. The fourth-order valence-electron chi connectivity index (χ4n) is 1.59. The first-order chi connectivity index (χ1) is 7.18. The number of rotatable bonds is 2. The van der Waals surface area contributed by atoms with Gasteiger partial charge in [-0.25, -0.2) is 0 Å². The maximum Gasteiger partial charge on any atom is 0.254 e. The van der Waals surface area contributed by atoms with Crippen LogP contribution < -0.4 is 0 Å². The lowest BCUT2D eigenvalue weighted by Crippen LogP contribution is -2.49. The van der Waals surface area contributed by atoms with E-state index >= 15 is 0 Å². The second-order valence-electron chi connectivity index (χ2n) is 3.98. The summed E-state index contributed by atoms with van der Waals surface area (Å²) in [4.78, 5) is 13.8. The molecule has 1 saturated heterocycles. The summed E-state index contributed by atoms with van der Waals surface area (Å²) in [5, 5.41) is 0. The van der Waals surface area contributed by atoms with Gasteiger partial charge in [0, 0.05) is 12.6 Å². The van der Waals surface area contributed by atoms with E-state index in [1.54, 1.807) is 4.90 Å². The van der Waals surface area contributed by atoms with Crippen molar-refractivity contribution in [1.82, 2.24) is 4.90 Å². The maximum absolute atomic E-state index is 12.0. The summed E-state index contributed by atoms with van der Waals surface area (Å²) in [6.07, 6.45) is 0. The van der Waals surface area contributed by atoms with E-state index in [-0.39, 0.29) is 11.9 Å². The van der Waals surface area contributed by atoms with Crippen LogP contribution in [0.3, 0.4) is 0 Å². The Morgan fingerprint density at radius 1 is 1.47 bits per heavy atom. The number of ether oxygens (including phenoxy) is 1. The van der Waals surface area contributed by atoms with E-state index in [2.05, 4.69) is 0 Å².